The van der Waals surface area contributed by atoms with Gasteiger partial charge in [-0.05, 0) is 50.1 Å². The van der Waals surface area contributed by atoms with E-state index in [0.29, 0.717) is 22.8 Å². The zero-order valence-corrected chi connectivity index (χ0v) is 12.7. The van der Waals surface area contributed by atoms with Crippen LogP contribution in [-0.4, -0.2) is 41.1 Å². The van der Waals surface area contributed by atoms with E-state index in [1.807, 2.05) is 12.1 Å². The maximum atomic E-state index is 11.7. The van der Waals surface area contributed by atoms with Crippen LogP contribution < -0.4 is 14.9 Å². The number of nitrogens with one attached hydrogen (secondary N) is 2. The Hall–Kier alpha value is -1.11. The summed E-state index contributed by atoms with van der Waals surface area (Å²) >= 11 is 0. The Kier molecular flexibility index (Phi) is 3.48. The average Bonchev–Trinajstić information content (AvgIpc) is 3.02. The van der Waals surface area contributed by atoms with Crippen molar-refractivity contribution in [1.29, 1.82) is 0 Å². The molecule has 110 valence electrons. The van der Waals surface area contributed by atoms with Crippen molar-refractivity contribution in [1.82, 2.24) is 10.0 Å². The monoisotopic (exact) mass is 295 g/mol. The maximum absolute atomic E-state index is 11.7. The molecule has 6 heteroatoms. The molecule has 2 saturated heterocycles. The lowest BCUT2D eigenvalue weighted by Crippen LogP contribution is -2.33. The van der Waals surface area contributed by atoms with Crippen molar-refractivity contribution in [2.24, 2.45) is 11.8 Å². The first-order chi connectivity index (χ1) is 9.53. The van der Waals surface area contributed by atoms with Gasteiger partial charge in [-0.1, -0.05) is 0 Å². The van der Waals surface area contributed by atoms with Crippen LogP contribution in [0.3, 0.4) is 0 Å². The molecule has 2 aliphatic heterocycles. The fourth-order valence-electron chi connectivity index (χ4n) is 3.44. The minimum absolute atomic E-state index is 0.317. The van der Waals surface area contributed by atoms with E-state index in [9.17, 15) is 8.42 Å². The lowest BCUT2D eigenvalue weighted by Gasteiger charge is -2.26. The Morgan fingerprint density at radius 1 is 1.25 bits per heavy atom. The lowest BCUT2D eigenvalue weighted by molar-refractivity contribution is 0.471. The van der Waals surface area contributed by atoms with Gasteiger partial charge in [0, 0.05) is 31.4 Å². The highest BCUT2D eigenvalue weighted by atomic mass is 32.2. The van der Waals surface area contributed by atoms with Crippen molar-refractivity contribution in [2.45, 2.75) is 17.9 Å². The van der Waals surface area contributed by atoms with E-state index in [1.165, 1.54) is 7.05 Å². The zero-order valence-electron chi connectivity index (χ0n) is 11.8. The van der Waals surface area contributed by atoms with E-state index < -0.39 is 10.0 Å². The minimum Gasteiger partial charge on any atom is -0.368 e. The molecule has 0 amide bonds. The standard InChI is InChI=1S/C14H21N3O2S/c1-10-14-8-16-7-11(14)9-17(10)12-3-5-13(6-4-12)20(18,19)15-2/h3-6,10-11,14-16H,7-9H2,1-2H3. The number of rotatable bonds is 3. The van der Waals surface area contributed by atoms with Crippen molar-refractivity contribution in [2.75, 3.05) is 31.6 Å². The van der Waals surface area contributed by atoms with Gasteiger partial charge < -0.3 is 10.2 Å². The summed E-state index contributed by atoms with van der Waals surface area (Å²) in [4.78, 5) is 2.71. The molecule has 2 N–H and O–H groups in total. The first-order valence-corrected chi connectivity index (χ1v) is 8.52. The Morgan fingerprint density at radius 3 is 2.55 bits per heavy atom. The number of fused-ring (bicyclic) bond motifs is 1. The molecule has 3 unspecified atom stereocenters. The Balaban J connectivity index is 1.82. The van der Waals surface area contributed by atoms with Crippen LogP contribution in [-0.2, 0) is 10.0 Å². The molecule has 2 aliphatic rings. The third kappa shape index (κ3) is 2.21. The molecule has 1 aromatic rings. The predicted octanol–water partition coefficient (Wildman–Crippen LogP) is 0.639. The first-order valence-electron chi connectivity index (χ1n) is 7.04. The second kappa shape index (κ2) is 5.02. The van der Waals surface area contributed by atoms with E-state index >= 15 is 0 Å². The third-order valence-corrected chi connectivity index (χ3v) is 6.11. The number of hydrogen-bond donors (Lipinski definition) is 2. The third-order valence-electron chi connectivity index (χ3n) is 4.68. The summed E-state index contributed by atoms with van der Waals surface area (Å²) in [5, 5.41) is 3.45. The smallest absolute Gasteiger partial charge is 0.240 e. The van der Waals surface area contributed by atoms with Crippen LogP contribution >= 0.6 is 0 Å². The molecular weight excluding hydrogens is 274 g/mol. The van der Waals surface area contributed by atoms with E-state index in [2.05, 4.69) is 21.9 Å². The molecule has 0 bridgehead atoms. The van der Waals surface area contributed by atoms with Crippen LogP contribution in [0.2, 0.25) is 0 Å². The molecule has 0 aromatic heterocycles. The Bertz CT molecular complexity index is 585. The number of anilines is 1. The molecule has 2 heterocycles. The highest BCUT2D eigenvalue weighted by molar-refractivity contribution is 7.89. The van der Waals surface area contributed by atoms with Crippen molar-refractivity contribution >= 4 is 15.7 Å². The summed E-state index contributed by atoms with van der Waals surface area (Å²) in [7, 11) is -1.92. The summed E-state index contributed by atoms with van der Waals surface area (Å²) in [6.07, 6.45) is 0. The zero-order chi connectivity index (χ0) is 14.3. The molecule has 3 atom stereocenters. The lowest BCUT2D eigenvalue weighted by atomic mass is 9.95. The highest BCUT2D eigenvalue weighted by Gasteiger charge is 2.41. The van der Waals surface area contributed by atoms with Gasteiger partial charge >= 0.3 is 0 Å². The van der Waals surface area contributed by atoms with Crippen molar-refractivity contribution in [3.05, 3.63) is 24.3 Å². The second-order valence-electron chi connectivity index (χ2n) is 5.68. The number of sulfonamides is 1. The van der Waals surface area contributed by atoms with Gasteiger partial charge in [0.25, 0.3) is 0 Å². The fourth-order valence-corrected chi connectivity index (χ4v) is 4.17. The van der Waals surface area contributed by atoms with Crippen LogP contribution in [0.1, 0.15) is 6.92 Å². The van der Waals surface area contributed by atoms with Gasteiger partial charge in [-0.25, -0.2) is 13.1 Å². The molecule has 0 radical (unpaired) electrons. The van der Waals surface area contributed by atoms with E-state index in [0.717, 1.165) is 25.3 Å². The summed E-state index contributed by atoms with van der Waals surface area (Å²) in [6.45, 7) is 5.50. The van der Waals surface area contributed by atoms with Gasteiger partial charge in [-0.15, -0.1) is 0 Å². The second-order valence-corrected chi connectivity index (χ2v) is 7.56. The van der Waals surface area contributed by atoms with Crippen LogP contribution in [0.5, 0.6) is 0 Å². The van der Waals surface area contributed by atoms with Crippen LogP contribution in [0.15, 0.2) is 29.2 Å². The quantitative estimate of drug-likeness (QED) is 0.859. The Labute approximate surface area is 120 Å². The van der Waals surface area contributed by atoms with Gasteiger partial charge in [0.05, 0.1) is 4.90 Å². The SMILES string of the molecule is CNS(=O)(=O)c1ccc(N2CC3CNCC3C2C)cc1. The minimum atomic E-state index is -3.35. The number of hydrogen-bond acceptors (Lipinski definition) is 4. The molecule has 2 fully saturated rings. The summed E-state index contributed by atoms with van der Waals surface area (Å²) in [6, 6.07) is 7.69. The van der Waals surface area contributed by atoms with Gasteiger partial charge in [0.1, 0.15) is 0 Å². The molecule has 1 aromatic carbocycles. The largest absolute Gasteiger partial charge is 0.368 e. The summed E-state index contributed by atoms with van der Waals surface area (Å²) < 4.78 is 25.8. The van der Waals surface area contributed by atoms with E-state index in [4.69, 9.17) is 0 Å². The van der Waals surface area contributed by atoms with Crippen molar-refractivity contribution in [3.8, 4) is 0 Å². The van der Waals surface area contributed by atoms with Gasteiger partial charge in [-0.3, -0.25) is 0 Å². The van der Waals surface area contributed by atoms with Crippen LogP contribution in [0.4, 0.5) is 5.69 Å². The van der Waals surface area contributed by atoms with Crippen LogP contribution in [0.25, 0.3) is 0 Å². The number of benzene rings is 1. The molecule has 5 nitrogen and oxygen atoms in total. The average molecular weight is 295 g/mol. The molecule has 20 heavy (non-hydrogen) atoms. The van der Waals surface area contributed by atoms with Gasteiger partial charge in [-0.2, -0.15) is 0 Å². The van der Waals surface area contributed by atoms with Gasteiger partial charge in [0.15, 0.2) is 0 Å². The van der Waals surface area contributed by atoms with Crippen molar-refractivity contribution in [3.63, 3.8) is 0 Å². The molecule has 0 aliphatic carbocycles. The highest BCUT2D eigenvalue weighted by Crippen LogP contribution is 2.35. The normalized spacial score (nSPS) is 29.7. The Morgan fingerprint density at radius 2 is 1.95 bits per heavy atom. The topological polar surface area (TPSA) is 61.4 Å². The summed E-state index contributed by atoms with van der Waals surface area (Å²) in [5.41, 5.74) is 1.11. The predicted molar refractivity (Wildman–Crippen MR) is 79.3 cm³/mol. The van der Waals surface area contributed by atoms with Gasteiger partial charge in [0.2, 0.25) is 10.0 Å². The fraction of sp³-hybridized carbons (Fsp3) is 0.571. The molecule has 3 rings (SSSR count). The van der Waals surface area contributed by atoms with Crippen molar-refractivity contribution < 1.29 is 8.42 Å². The molecule has 0 saturated carbocycles. The molecule has 0 spiro atoms. The van der Waals surface area contributed by atoms with E-state index in [1.54, 1.807) is 12.1 Å². The number of nitrogens with zero attached hydrogens (tertiary/aromatic N) is 1. The summed E-state index contributed by atoms with van der Waals surface area (Å²) in [5.74, 6) is 1.42. The first kappa shape index (κ1) is 13.9. The van der Waals surface area contributed by atoms with Crippen LogP contribution in [0, 0.1) is 11.8 Å². The molecular formula is C14H21N3O2S. The van der Waals surface area contributed by atoms with E-state index in [-0.39, 0.29) is 0 Å². The maximum Gasteiger partial charge on any atom is 0.240 e.